The molecule has 0 aromatic heterocycles. The molecule has 0 unspecified atom stereocenters. The van der Waals surface area contributed by atoms with Crippen LogP contribution in [-0.4, -0.2) is 90.8 Å². The molecule has 2 amide bonds. The van der Waals surface area contributed by atoms with Crippen molar-refractivity contribution in [2.24, 2.45) is 0 Å². The molecule has 0 radical (unpaired) electrons. The van der Waals surface area contributed by atoms with Crippen LogP contribution in [-0.2, 0) is 35.1 Å². The van der Waals surface area contributed by atoms with Crippen LogP contribution in [0.25, 0.3) is 0 Å². The van der Waals surface area contributed by atoms with Gasteiger partial charge in [0.25, 0.3) is 0 Å². The van der Waals surface area contributed by atoms with Crippen molar-refractivity contribution in [2.45, 2.75) is 18.7 Å². The highest BCUT2D eigenvalue weighted by Gasteiger charge is 2.16. The van der Waals surface area contributed by atoms with Gasteiger partial charge in [-0.25, -0.2) is 4.79 Å². The van der Waals surface area contributed by atoms with E-state index in [2.05, 4.69) is 26.0 Å². The van der Waals surface area contributed by atoms with Crippen LogP contribution in [0.3, 0.4) is 0 Å². The minimum absolute atomic E-state index is 0.0494. The van der Waals surface area contributed by atoms with Gasteiger partial charge in [-0.2, -0.15) is 0 Å². The van der Waals surface area contributed by atoms with Crippen LogP contribution in [0.15, 0.2) is 30.3 Å². The van der Waals surface area contributed by atoms with Crippen molar-refractivity contribution in [1.29, 1.82) is 0 Å². The molecule has 0 aliphatic carbocycles. The molecule has 11 heteroatoms. The maximum atomic E-state index is 11.7. The highest BCUT2D eigenvalue weighted by molar-refractivity contribution is 5.79. The zero-order valence-corrected chi connectivity index (χ0v) is 18.8. The van der Waals surface area contributed by atoms with E-state index in [9.17, 15) is 14.4 Å². The molecule has 1 aliphatic heterocycles. The zero-order chi connectivity index (χ0) is 23.6. The maximum absolute atomic E-state index is 11.7. The summed E-state index contributed by atoms with van der Waals surface area (Å²) in [5, 5.41) is 11.3. The van der Waals surface area contributed by atoms with Crippen LogP contribution in [0.1, 0.15) is 5.56 Å². The Morgan fingerprint density at radius 1 is 1.16 bits per heavy atom. The molecule has 32 heavy (non-hydrogen) atoms. The van der Waals surface area contributed by atoms with Crippen molar-refractivity contribution in [3.05, 3.63) is 35.9 Å². The number of piperazine rings is 1. The first-order valence-electron chi connectivity index (χ1n) is 10.2. The van der Waals surface area contributed by atoms with Crippen molar-refractivity contribution in [2.75, 3.05) is 60.7 Å². The zero-order valence-electron chi connectivity index (χ0n) is 18.8. The summed E-state index contributed by atoms with van der Waals surface area (Å²) < 4.78 is 19.5. The molecule has 1 saturated heterocycles. The lowest BCUT2D eigenvalue weighted by Crippen LogP contribution is -2.53. The fourth-order valence-corrected chi connectivity index (χ4v) is 2.70. The van der Waals surface area contributed by atoms with Crippen LogP contribution in [0.5, 0.6) is 0 Å². The van der Waals surface area contributed by atoms with E-state index < -0.39 is 6.09 Å². The van der Waals surface area contributed by atoms with E-state index in [0.717, 1.165) is 12.1 Å². The summed E-state index contributed by atoms with van der Waals surface area (Å²) in [6, 6.07) is 9.23. The van der Waals surface area contributed by atoms with Gasteiger partial charge in [-0.05, 0) is 5.56 Å². The first-order chi connectivity index (χ1) is 15.5. The second kappa shape index (κ2) is 16.9. The van der Waals surface area contributed by atoms with Crippen LogP contribution >= 0.6 is 0 Å². The Hall–Kier alpha value is -2.73. The van der Waals surface area contributed by atoms with Gasteiger partial charge in [0.2, 0.25) is 5.91 Å². The third-order valence-electron chi connectivity index (χ3n) is 4.20. The molecular formula is C21H34N4O7. The summed E-state index contributed by atoms with van der Waals surface area (Å²) in [6.45, 7) is 2.75. The standard InChI is InChI=1S/C15H22N2O5.C6H12N2O2/c1-20-11-13(8-16-9-14(18)21-2)17-15(19)22-10-12-6-4-3-5-7-12;1-10-4-5-2-7-3-6(9)8-5/h3-7,13,16H,8-11H2,1-2H3,(H,17,19);5,7H,2-4H2,1H3,(H,8,9)/t13-;5-/m11/s1. The Morgan fingerprint density at radius 2 is 1.91 bits per heavy atom. The van der Waals surface area contributed by atoms with E-state index in [1.807, 2.05) is 30.3 Å². The van der Waals surface area contributed by atoms with Crippen LogP contribution in [0, 0.1) is 0 Å². The molecule has 2 rings (SSSR count). The number of hydrogen-bond acceptors (Lipinski definition) is 9. The van der Waals surface area contributed by atoms with Gasteiger partial charge in [-0.3, -0.25) is 9.59 Å². The van der Waals surface area contributed by atoms with E-state index >= 15 is 0 Å². The quantitative estimate of drug-likeness (QED) is 0.324. The summed E-state index contributed by atoms with van der Waals surface area (Å²) in [4.78, 5) is 33.5. The number of hydrogen-bond donors (Lipinski definition) is 4. The number of methoxy groups -OCH3 is 3. The molecule has 1 aromatic carbocycles. The maximum Gasteiger partial charge on any atom is 0.407 e. The summed E-state index contributed by atoms with van der Waals surface area (Å²) in [6.07, 6.45) is -0.536. The summed E-state index contributed by atoms with van der Waals surface area (Å²) >= 11 is 0. The predicted octanol–water partition coefficient (Wildman–Crippen LogP) is -0.589. The average molecular weight is 455 g/mol. The van der Waals surface area contributed by atoms with Crippen molar-refractivity contribution in [3.63, 3.8) is 0 Å². The van der Waals surface area contributed by atoms with Gasteiger partial charge in [0, 0.05) is 27.3 Å². The third-order valence-corrected chi connectivity index (χ3v) is 4.20. The fourth-order valence-electron chi connectivity index (χ4n) is 2.70. The first kappa shape index (κ1) is 27.3. The number of carbonyl (C=O) groups is 3. The van der Waals surface area contributed by atoms with Crippen molar-refractivity contribution in [1.82, 2.24) is 21.3 Å². The van der Waals surface area contributed by atoms with E-state index in [1.54, 1.807) is 7.11 Å². The molecule has 0 bridgehead atoms. The number of rotatable bonds is 11. The lowest BCUT2D eigenvalue weighted by Gasteiger charge is -2.23. The van der Waals surface area contributed by atoms with Crippen molar-refractivity contribution < 1.29 is 33.3 Å². The van der Waals surface area contributed by atoms with Crippen LogP contribution < -0.4 is 21.3 Å². The summed E-state index contributed by atoms with van der Waals surface area (Å²) in [5.41, 5.74) is 0.907. The highest BCUT2D eigenvalue weighted by atomic mass is 16.5. The molecule has 1 aliphatic rings. The molecule has 0 saturated carbocycles. The number of nitrogens with one attached hydrogen (secondary N) is 4. The Bertz CT molecular complexity index is 673. The average Bonchev–Trinajstić information content (AvgIpc) is 2.79. The number of carbonyl (C=O) groups excluding carboxylic acids is 3. The second-order valence-electron chi connectivity index (χ2n) is 6.92. The van der Waals surface area contributed by atoms with Crippen molar-refractivity contribution in [3.8, 4) is 0 Å². The number of benzene rings is 1. The SMILES string of the molecule is COC[C@@H](CNCC(=O)OC)NC(=O)OCc1ccccc1.COC[C@H]1CNCC(=O)N1. The third kappa shape index (κ3) is 12.8. The minimum Gasteiger partial charge on any atom is -0.468 e. The van der Waals surface area contributed by atoms with Crippen LogP contribution in [0.2, 0.25) is 0 Å². The molecular weight excluding hydrogens is 420 g/mol. The first-order valence-corrected chi connectivity index (χ1v) is 10.2. The highest BCUT2D eigenvalue weighted by Crippen LogP contribution is 2.00. The molecule has 4 N–H and O–H groups in total. The summed E-state index contributed by atoms with van der Waals surface area (Å²) in [5.74, 6) is -0.323. The molecule has 1 aromatic rings. The molecule has 180 valence electrons. The minimum atomic E-state index is -0.536. The van der Waals surface area contributed by atoms with Gasteiger partial charge in [-0.15, -0.1) is 0 Å². The Balaban J connectivity index is 0.000000425. The molecule has 2 atom stereocenters. The lowest BCUT2D eigenvalue weighted by atomic mass is 10.2. The van der Waals surface area contributed by atoms with Crippen LogP contribution in [0.4, 0.5) is 4.79 Å². The van der Waals surface area contributed by atoms with E-state index in [1.165, 1.54) is 14.2 Å². The number of amides is 2. The number of esters is 1. The molecule has 1 heterocycles. The molecule has 11 nitrogen and oxygen atoms in total. The monoisotopic (exact) mass is 454 g/mol. The smallest absolute Gasteiger partial charge is 0.407 e. The fraction of sp³-hybridized carbons (Fsp3) is 0.571. The van der Waals surface area contributed by atoms with E-state index in [-0.39, 0.29) is 37.1 Å². The van der Waals surface area contributed by atoms with Gasteiger partial charge in [0.15, 0.2) is 0 Å². The van der Waals surface area contributed by atoms with Crippen molar-refractivity contribution >= 4 is 18.0 Å². The molecule has 0 spiro atoms. The van der Waals surface area contributed by atoms with Gasteiger partial charge in [0.05, 0.1) is 45.5 Å². The van der Waals surface area contributed by atoms with Gasteiger partial charge < -0.3 is 40.2 Å². The summed E-state index contributed by atoms with van der Waals surface area (Å²) in [7, 11) is 4.47. The largest absolute Gasteiger partial charge is 0.468 e. The van der Waals surface area contributed by atoms with E-state index in [0.29, 0.717) is 26.3 Å². The van der Waals surface area contributed by atoms with Gasteiger partial charge in [-0.1, -0.05) is 30.3 Å². The Morgan fingerprint density at radius 3 is 2.53 bits per heavy atom. The van der Waals surface area contributed by atoms with Gasteiger partial charge >= 0.3 is 12.1 Å². The normalized spacial score (nSPS) is 16.1. The molecule has 1 fully saturated rings. The topological polar surface area (TPSA) is 136 Å². The number of alkyl carbamates (subject to hydrolysis) is 1. The second-order valence-corrected chi connectivity index (χ2v) is 6.92. The predicted molar refractivity (Wildman–Crippen MR) is 117 cm³/mol. The Labute approximate surface area is 188 Å². The van der Waals surface area contributed by atoms with Gasteiger partial charge in [0.1, 0.15) is 6.61 Å². The Kier molecular flexibility index (Phi) is 14.4. The number of ether oxygens (including phenoxy) is 4. The lowest BCUT2D eigenvalue weighted by molar-refractivity contribution is -0.139. The van der Waals surface area contributed by atoms with E-state index in [4.69, 9.17) is 14.2 Å².